The molecule has 0 aromatic heterocycles. The number of nitrogens with zero attached hydrogens (tertiary/aromatic N) is 1. The van der Waals surface area contributed by atoms with Crippen LogP contribution in [-0.4, -0.2) is 28.9 Å². The van der Waals surface area contributed by atoms with Crippen molar-refractivity contribution in [1.29, 1.82) is 0 Å². The van der Waals surface area contributed by atoms with E-state index < -0.39 is 23.2 Å². The van der Waals surface area contributed by atoms with Crippen LogP contribution in [0.2, 0.25) is 5.02 Å². The Hall–Kier alpha value is -1.86. The van der Waals surface area contributed by atoms with E-state index >= 15 is 0 Å². The second kappa shape index (κ2) is 6.77. The number of carboxylic acid groups (broad SMARTS) is 1. The molecule has 0 aliphatic carbocycles. The van der Waals surface area contributed by atoms with E-state index in [-0.39, 0.29) is 35.0 Å². The fraction of sp³-hybridized carbons (Fsp3) is 0.111. The van der Waals surface area contributed by atoms with Gasteiger partial charge in [-0.3, -0.25) is 14.9 Å². The van der Waals surface area contributed by atoms with Crippen molar-refractivity contribution in [1.82, 2.24) is 0 Å². The van der Waals surface area contributed by atoms with E-state index in [0.717, 1.165) is 12.1 Å². The number of nitro groups is 1. The van der Waals surface area contributed by atoms with E-state index in [9.17, 15) is 19.7 Å². The number of benzene rings is 1. The van der Waals surface area contributed by atoms with Crippen LogP contribution in [0.5, 0.6) is 5.75 Å². The average molecular weight is 296 g/mol. The van der Waals surface area contributed by atoms with Crippen molar-refractivity contribution < 1.29 is 24.4 Å². The van der Waals surface area contributed by atoms with Gasteiger partial charge in [0.1, 0.15) is 16.3 Å². The molecule has 0 aliphatic heterocycles. The fourth-order valence-corrected chi connectivity index (χ4v) is 1.34. The third kappa shape index (κ3) is 3.57. The Balaban J connectivity index is 0.00000289. The van der Waals surface area contributed by atoms with Crippen molar-refractivity contribution in [3.63, 3.8) is 0 Å². The van der Waals surface area contributed by atoms with Crippen LogP contribution < -0.4 is 4.74 Å². The van der Waals surface area contributed by atoms with Crippen LogP contribution >= 0.6 is 24.0 Å². The molecule has 1 N–H and O–H groups in total. The molecule has 1 aromatic carbocycles. The number of carboxylic acids is 1. The lowest BCUT2D eigenvalue weighted by Gasteiger charge is -2.07. The highest BCUT2D eigenvalue weighted by Crippen LogP contribution is 2.33. The van der Waals surface area contributed by atoms with Crippen LogP contribution in [0.4, 0.5) is 5.69 Å². The van der Waals surface area contributed by atoms with Crippen molar-refractivity contribution >= 4 is 42.0 Å². The minimum atomic E-state index is -1.23. The molecule has 0 fully saturated rings. The molecule has 0 atom stereocenters. The molecule has 18 heavy (non-hydrogen) atoms. The maximum absolute atomic E-state index is 10.7. The largest absolute Gasteiger partial charge is 0.480 e. The molecule has 0 heterocycles. The van der Waals surface area contributed by atoms with Crippen LogP contribution in [0.3, 0.4) is 0 Å². The number of aldehydes is 1. The first-order valence-electron chi connectivity index (χ1n) is 4.24. The standard InChI is InChI=1S/C9H6ClNO6.ClH/c10-9-5(3-12)6(11(15)16)1-2-7(9)17-4-8(13)14;/h1-3H,4H2,(H,13,14);1H. The number of aliphatic carboxylic acids is 1. The number of nitro benzene ring substituents is 1. The molecule has 0 unspecified atom stereocenters. The first-order valence-corrected chi connectivity index (χ1v) is 4.61. The lowest BCUT2D eigenvalue weighted by molar-refractivity contribution is -0.385. The summed E-state index contributed by atoms with van der Waals surface area (Å²) < 4.78 is 4.76. The Labute approximate surface area is 112 Å². The molecule has 98 valence electrons. The molecular formula is C9H7Cl2NO6. The summed E-state index contributed by atoms with van der Waals surface area (Å²) in [6.07, 6.45) is 0.216. The highest BCUT2D eigenvalue weighted by Gasteiger charge is 2.20. The highest BCUT2D eigenvalue weighted by atomic mass is 35.5. The number of hydrogen-bond donors (Lipinski definition) is 1. The van der Waals surface area contributed by atoms with Crippen LogP contribution in [0.1, 0.15) is 10.4 Å². The summed E-state index contributed by atoms with van der Waals surface area (Å²) in [4.78, 5) is 30.7. The summed E-state index contributed by atoms with van der Waals surface area (Å²) in [5.74, 6) is -1.33. The number of carbonyl (C=O) groups excluding carboxylic acids is 1. The van der Waals surface area contributed by atoms with E-state index in [4.69, 9.17) is 21.4 Å². The Kier molecular flexibility index (Phi) is 6.07. The maximum Gasteiger partial charge on any atom is 0.341 e. The maximum atomic E-state index is 10.7. The molecule has 7 nitrogen and oxygen atoms in total. The van der Waals surface area contributed by atoms with Gasteiger partial charge in [-0.2, -0.15) is 0 Å². The molecular weight excluding hydrogens is 289 g/mol. The van der Waals surface area contributed by atoms with E-state index in [1.54, 1.807) is 0 Å². The smallest absolute Gasteiger partial charge is 0.341 e. The van der Waals surface area contributed by atoms with Crippen LogP contribution in [0.25, 0.3) is 0 Å². The van der Waals surface area contributed by atoms with E-state index in [2.05, 4.69) is 0 Å². The molecule has 0 saturated heterocycles. The van der Waals surface area contributed by atoms with Gasteiger partial charge >= 0.3 is 5.97 Å². The second-order valence-electron chi connectivity index (χ2n) is 2.87. The topological polar surface area (TPSA) is 107 Å². The number of rotatable bonds is 5. The van der Waals surface area contributed by atoms with E-state index in [0.29, 0.717) is 0 Å². The predicted octanol–water partition coefficient (Wildman–Crippen LogP) is 1.95. The Morgan fingerprint density at radius 1 is 1.56 bits per heavy atom. The number of halogens is 2. The van der Waals surface area contributed by atoms with Gasteiger partial charge in [0.2, 0.25) is 0 Å². The van der Waals surface area contributed by atoms with Crippen LogP contribution in [0.15, 0.2) is 12.1 Å². The molecule has 0 bridgehead atoms. The van der Waals surface area contributed by atoms with Gasteiger partial charge in [0.05, 0.1) is 4.92 Å². The van der Waals surface area contributed by atoms with Gasteiger partial charge in [-0.25, -0.2) is 4.79 Å². The number of carbonyl (C=O) groups is 2. The zero-order chi connectivity index (χ0) is 13.0. The van der Waals surface area contributed by atoms with Crippen molar-refractivity contribution in [2.24, 2.45) is 0 Å². The van der Waals surface area contributed by atoms with Crippen molar-refractivity contribution in [3.05, 3.63) is 32.8 Å². The zero-order valence-electron chi connectivity index (χ0n) is 8.66. The normalized spacial score (nSPS) is 9.17. The minimum absolute atomic E-state index is 0. The van der Waals surface area contributed by atoms with Gasteiger partial charge < -0.3 is 9.84 Å². The lowest BCUT2D eigenvalue weighted by Crippen LogP contribution is -2.10. The fourth-order valence-electron chi connectivity index (χ4n) is 1.09. The molecule has 0 aliphatic rings. The number of hydrogen-bond acceptors (Lipinski definition) is 5. The summed E-state index contributed by atoms with van der Waals surface area (Å²) in [7, 11) is 0. The molecule has 1 aromatic rings. The van der Waals surface area contributed by atoms with Gasteiger partial charge in [0, 0.05) is 6.07 Å². The Morgan fingerprint density at radius 3 is 2.61 bits per heavy atom. The number of ether oxygens (including phenoxy) is 1. The monoisotopic (exact) mass is 295 g/mol. The van der Waals surface area contributed by atoms with Crippen molar-refractivity contribution in [2.75, 3.05) is 6.61 Å². The SMILES string of the molecule is Cl.O=Cc1c([N+](=O)[O-])ccc(OCC(=O)O)c1Cl. The summed E-state index contributed by atoms with van der Waals surface area (Å²) in [5, 5.41) is 18.7. The van der Waals surface area contributed by atoms with E-state index in [1.807, 2.05) is 0 Å². The lowest BCUT2D eigenvalue weighted by atomic mass is 10.2. The van der Waals surface area contributed by atoms with Gasteiger partial charge in [-0.1, -0.05) is 11.6 Å². The van der Waals surface area contributed by atoms with Gasteiger partial charge in [-0.05, 0) is 6.07 Å². The Morgan fingerprint density at radius 2 is 2.17 bits per heavy atom. The Bertz CT molecular complexity index is 490. The first-order chi connectivity index (χ1) is 7.97. The van der Waals surface area contributed by atoms with Gasteiger partial charge in [0.25, 0.3) is 5.69 Å². The van der Waals surface area contributed by atoms with Crippen LogP contribution in [0, 0.1) is 10.1 Å². The van der Waals surface area contributed by atoms with Crippen LogP contribution in [-0.2, 0) is 4.79 Å². The first kappa shape index (κ1) is 16.1. The molecule has 0 radical (unpaired) electrons. The molecule has 1 rings (SSSR count). The van der Waals surface area contributed by atoms with Crippen molar-refractivity contribution in [2.45, 2.75) is 0 Å². The summed E-state index contributed by atoms with van der Waals surface area (Å²) >= 11 is 5.69. The predicted molar refractivity (Wildman–Crippen MR) is 63.9 cm³/mol. The summed E-state index contributed by atoms with van der Waals surface area (Å²) in [6, 6.07) is 2.16. The summed E-state index contributed by atoms with van der Waals surface area (Å²) in [5.41, 5.74) is -0.813. The minimum Gasteiger partial charge on any atom is -0.480 e. The second-order valence-corrected chi connectivity index (χ2v) is 3.25. The third-order valence-electron chi connectivity index (χ3n) is 1.79. The highest BCUT2D eigenvalue weighted by molar-refractivity contribution is 6.34. The molecule has 9 heteroatoms. The quantitative estimate of drug-likeness (QED) is 0.505. The van der Waals surface area contributed by atoms with Gasteiger partial charge in [-0.15, -0.1) is 12.4 Å². The zero-order valence-corrected chi connectivity index (χ0v) is 10.2. The van der Waals surface area contributed by atoms with Crippen molar-refractivity contribution in [3.8, 4) is 5.75 Å². The van der Waals surface area contributed by atoms with Gasteiger partial charge in [0.15, 0.2) is 12.9 Å². The van der Waals surface area contributed by atoms with E-state index in [1.165, 1.54) is 0 Å². The molecule has 0 amide bonds. The third-order valence-corrected chi connectivity index (χ3v) is 2.18. The average Bonchev–Trinajstić information content (AvgIpc) is 2.26. The molecule has 0 saturated carbocycles. The molecule has 0 spiro atoms. The summed E-state index contributed by atoms with van der Waals surface area (Å²) in [6.45, 7) is -0.657.